The third kappa shape index (κ3) is 3.56. The van der Waals surface area contributed by atoms with Crippen molar-refractivity contribution in [2.75, 3.05) is 10.5 Å². The lowest BCUT2D eigenvalue weighted by Crippen LogP contribution is -2.14. The smallest absolute Gasteiger partial charge is 0.263 e. The Kier molecular flexibility index (Phi) is 4.60. The lowest BCUT2D eigenvalue weighted by molar-refractivity contribution is 0.600. The predicted octanol–water partition coefficient (Wildman–Crippen LogP) is 4.04. The molecule has 0 spiro atoms. The molecule has 0 aliphatic heterocycles. The van der Waals surface area contributed by atoms with Gasteiger partial charge in [0.05, 0.1) is 11.4 Å². The van der Waals surface area contributed by atoms with E-state index < -0.39 is 15.8 Å². The van der Waals surface area contributed by atoms with Crippen molar-refractivity contribution in [3.63, 3.8) is 0 Å². The normalized spacial score (nSPS) is 11.4. The molecule has 2 aromatic rings. The van der Waals surface area contributed by atoms with Crippen LogP contribution in [0.5, 0.6) is 0 Å². The van der Waals surface area contributed by atoms with Crippen LogP contribution in [-0.2, 0) is 10.0 Å². The molecule has 0 atom stereocenters. The van der Waals surface area contributed by atoms with Crippen LogP contribution in [0.2, 0.25) is 0 Å². The minimum atomic E-state index is -3.85. The van der Waals surface area contributed by atoms with E-state index in [0.29, 0.717) is 8.95 Å². The number of nitrogens with two attached hydrogens (primary N) is 1. The predicted molar refractivity (Wildman–Crippen MR) is 88.2 cm³/mol. The molecule has 2 rings (SSSR count). The molecule has 0 radical (unpaired) electrons. The number of nitrogens with one attached hydrogen (secondary N) is 1. The molecule has 112 valence electrons. The van der Waals surface area contributed by atoms with Gasteiger partial charge in [-0.25, -0.2) is 12.8 Å². The second-order valence-electron chi connectivity index (χ2n) is 4.37. The summed E-state index contributed by atoms with van der Waals surface area (Å²) in [6.07, 6.45) is 0. The molecule has 0 amide bonds. The molecule has 0 unspecified atom stereocenters. The molecule has 4 nitrogen and oxygen atoms in total. The highest BCUT2D eigenvalue weighted by Crippen LogP contribution is 2.30. The Morgan fingerprint density at radius 1 is 1.14 bits per heavy atom. The Labute approximate surface area is 138 Å². The minimum absolute atomic E-state index is 0.0443. The molecule has 0 heterocycles. The van der Waals surface area contributed by atoms with Crippen molar-refractivity contribution in [2.45, 2.75) is 11.8 Å². The number of rotatable bonds is 3. The number of benzene rings is 2. The zero-order chi connectivity index (χ0) is 15.8. The zero-order valence-corrected chi connectivity index (χ0v) is 14.8. The van der Waals surface area contributed by atoms with Gasteiger partial charge in [-0.3, -0.25) is 4.72 Å². The van der Waals surface area contributed by atoms with Gasteiger partial charge in [-0.1, -0.05) is 15.9 Å². The van der Waals surface area contributed by atoms with Gasteiger partial charge in [-0.15, -0.1) is 0 Å². The van der Waals surface area contributed by atoms with Crippen molar-refractivity contribution in [1.29, 1.82) is 0 Å². The van der Waals surface area contributed by atoms with Crippen LogP contribution in [0.25, 0.3) is 0 Å². The minimum Gasteiger partial charge on any atom is -0.396 e. The second kappa shape index (κ2) is 5.94. The first-order valence-electron chi connectivity index (χ1n) is 5.74. The van der Waals surface area contributed by atoms with Crippen LogP contribution in [0, 0.1) is 12.7 Å². The van der Waals surface area contributed by atoms with E-state index in [1.54, 1.807) is 6.07 Å². The summed E-state index contributed by atoms with van der Waals surface area (Å²) in [7, 11) is -3.85. The third-order valence-corrected chi connectivity index (χ3v) is 5.95. The average molecular weight is 438 g/mol. The number of nitrogen functional groups attached to an aromatic ring is 1. The van der Waals surface area contributed by atoms with Gasteiger partial charge in [0.1, 0.15) is 10.7 Å². The molecule has 0 saturated heterocycles. The molecule has 8 heteroatoms. The number of sulfonamides is 1. The lowest BCUT2D eigenvalue weighted by Gasteiger charge is -2.11. The molecule has 0 aliphatic rings. The van der Waals surface area contributed by atoms with Crippen LogP contribution in [0.3, 0.4) is 0 Å². The van der Waals surface area contributed by atoms with E-state index in [1.165, 1.54) is 18.2 Å². The summed E-state index contributed by atoms with van der Waals surface area (Å²) in [5, 5.41) is 0. The molecule has 2 aromatic carbocycles. The van der Waals surface area contributed by atoms with E-state index in [1.807, 2.05) is 6.92 Å². The van der Waals surface area contributed by atoms with Crippen molar-refractivity contribution in [1.82, 2.24) is 0 Å². The maximum atomic E-state index is 13.4. The van der Waals surface area contributed by atoms with Gasteiger partial charge in [0, 0.05) is 15.0 Å². The molecule has 0 aromatic heterocycles. The SMILES string of the molecule is Cc1cc(Br)c(S(=O)(=O)Nc2ccc(N)c(F)c2)cc1Br. The third-order valence-electron chi connectivity index (χ3n) is 2.76. The lowest BCUT2D eigenvalue weighted by atomic mass is 10.2. The van der Waals surface area contributed by atoms with E-state index in [2.05, 4.69) is 36.6 Å². The molecule has 0 aliphatic carbocycles. The standard InChI is InChI=1S/C13H11Br2FN2O2S/c1-7-4-10(15)13(6-9(7)14)21(19,20)18-8-2-3-12(17)11(16)5-8/h2-6,18H,17H2,1H3. The molecular formula is C13H11Br2FN2O2S. The van der Waals surface area contributed by atoms with Crippen LogP contribution >= 0.6 is 31.9 Å². The van der Waals surface area contributed by atoms with Crippen molar-refractivity contribution in [3.8, 4) is 0 Å². The summed E-state index contributed by atoms with van der Waals surface area (Å²) in [6.45, 7) is 1.84. The van der Waals surface area contributed by atoms with Crippen LogP contribution in [0.1, 0.15) is 5.56 Å². The highest BCUT2D eigenvalue weighted by molar-refractivity contribution is 9.11. The van der Waals surface area contributed by atoms with Crippen molar-refractivity contribution in [3.05, 3.63) is 50.7 Å². The summed E-state index contributed by atoms with van der Waals surface area (Å²) < 4.78 is 41.5. The van der Waals surface area contributed by atoms with E-state index in [0.717, 1.165) is 11.6 Å². The van der Waals surface area contributed by atoms with Gasteiger partial charge in [0.25, 0.3) is 10.0 Å². The molecule has 0 saturated carbocycles. The molecule has 21 heavy (non-hydrogen) atoms. The van der Waals surface area contributed by atoms with Gasteiger partial charge >= 0.3 is 0 Å². The number of hydrogen-bond donors (Lipinski definition) is 2. The monoisotopic (exact) mass is 436 g/mol. The Morgan fingerprint density at radius 3 is 2.43 bits per heavy atom. The van der Waals surface area contributed by atoms with Gasteiger partial charge in [0.2, 0.25) is 0 Å². The number of halogens is 3. The van der Waals surface area contributed by atoms with Crippen LogP contribution in [-0.4, -0.2) is 8.42 Å². The summed E-state index contributed by atoms with van der Waals surface area (Å²) in [4.78, 5) is 0.0530. The largest absolute Gasteiger partial charge is 0.396 e. The van der Waals surface area contributed by atoms with Gasteiger partial charge < -0.3 is 5.73 Å². The summed E-state index contributed by atoms with van der Waals surface area (Å²) in [5.74, 6) is -0.681. The van der Waals surface area contributed by atoms with Gasteiger partial charge in [-0.2, -0.15) is 0 Å². The molecular weight excluding hydrogens is 427 g/mol. The number of hydrogen-bond acceptors (Lipinski definition) is 3. The van der Waals surface area contributed by atoms with E-state index in [9.17, 15) is 12.8 Å². The fourth-order valence-corrected chi connectivity index (χ4v) is 4.36. The number of anilines is 2. The first-order chi connectivity index (χ1) is 9.70. The Morgan fingerprint density at radius 2 is 1.81 bits per heavy atom. The van der Waals surface area contributed by atoms with Gasteiger partial charge in [-0.05, 0) is 52.7 Å². The quantitative estimate of drug-likeness (QED) is 0.711. The first-order valence-corrected chi connectivity index (χ1v) is 8.81. The van der Waals surface area contributed by atoms with Crippen molar-refractivity contribution < 1.29 is 12.8 Å². The zero-order valence-electron chi connectivity index (χ0n) is 10.8. The van der Waals surface area contributed by atoms with Crippen LogP contribution in [0.15, 0.2) is 44.2 Å². The van der Waals surface area contributed by atoms with E-state index in [-0.39, 0.29) is 16.3 Å². The van der Waals surface area contributed by atoms with Crippen LogP contribution in [0.4, 0.5) is 15.8 Å². The fraction of sp³-hybridized carbons (Fsp3) is 0.0769. The topological polar surface area (TPSA) is 72.2 Å². The maximum absolute atomic E-state index is 13.4. The highest BCUT2D eigenvalue weighted by Gasteiger charge is 2.19. The average Bonchev–Trinajstić information content (AvgIpc) is 2.37. The molecule has 0 fully saturated rings. The van der Waals surface area contributed by atoms with E-state index >= 15 is 0 Å². The summed E-state index contributed by atoms with van der Waals surface area (Å²) in [5.41, 5.74) is 6.30. The Bertz CT molecular complexity index is 810. The Balaban J connectivity index is 2.43. The van der Waals surface area contributed by atoms with E-state index in [4.69, 9.17) is 5.73 Å². The summed E-state index contributed by atoms with van der Waals surface area (Å²) >= 11 is 6.51. The molecule has 3 N–H and O–H groups in total. The Hall–Kier alpha value is -1.12. The van der Waals surface area contributed by atoms with Crippen LogP contribution < -0.4 is 10.5 Å². The second-order valence-corrected chi connectivity index (χ2v) is 7.73. The van der Waals surface area contributed by atoms with Crippen molar-refractivity contribution in [2.24, 2.45) is 0 Å². The van der Waals surface area contributed by atoms with Gasteiger partial charge in [0.15, 0.2) is 0 Å². The fourth-order valence-electron chi connectivity index (χ4n) is 1.63. The summed E-state index contributed by atoms with van der Waals surface area (Å²) in [6, 6.07) is 6.89. The van der Waals surface area contributed by atoms with Crippen molar-refractivity contribution >= 4 is 53.3 Å². The first kappa shape index (κ1) is 16.3. The maximum Gasteiger partial charge on any atom is 0.263 e. The molecule has 0 bridgehead atoms. The number of aryl methyl sites for hydroxylation is 1. The highest BCUT2D eigenvalue weighted by atomic mass is 79.9.